The normalized spacial score (nSPS) is 42.6. The van der Waals surface area contributed by atoms with Crippen molar-refractivity contribution >= 4 is 35.6 Å². The summed E-state index contributed by atoms with van der Waals surface area (Å²) >= 11 is 0. The standard InChI is InChI=1S/C30H40O14/c1-13-20(37)10-22(40-14(2)32)29(11-31)23(13)24(41-15(3)33)19-9-21(38)28(8)30(44-18(6)36,27(19,7)12-39-28)26(43-17(5)35)25(29)42-16(4)34/h19-20,22-26,31,37H,1,9-12H2,2-8H3. The fourth-order valence-corrected chi connectivity index (χ4v) is 8.51. The molecule has 14 nitrogen and oxygen atoms in total. The molecule has 11 unspecified atom stereocenters. The van der Waals surface area contributed by atoms with Gasteiger partial charge >= 0.3 is 29.8 Å². The lowest BCUT2D eigenvalue weighted by Crippen LogP contribution is -2.82. The molecule has 0 radical (unpaired) electrons. The van der Waals surface area contributed by atoms with Crippen LogP contribution in [0, 0.1) is 22.7 Å². The van der Waals surface area contributed by atoms with Crippen molar-refractivity contribution in [1.29, 1.82) is 0 Å². The first-order chi connectivity index (χ1) is 20.3. The number of rotatable bonds is 6. The van der Waals surface area contributed by atoms with Crippen LogP contribution < -0.4 is 0 Å². The maximum atomic E-state index is 14.1. The smallest absolute Gasteiger partial charge is 0.303 e. The van der Waals surface area contributed by atoms with Crippen molar-refractivity contribution in [3.8, 4) is 0 Å². The third kappa shape index (κ3) is 4.55. The van der Waals surface area contributed by atoms with E-state index in [1.54, 1.807) is 6.92 Å². The van der Waals surface area contributed by atoms with Gasteiger partial charge < -0.3 is 38.6 Å². The van der Waals surface area contributed by atoms with Crippen LogP contribution in [-0.2, 0) is 57.2 Å². The van der Waals surface area contributed by atoms with Crippen LogP contribution in [0.1, 0.15) is 61.3 Å². The zero-order chi connectivity index (χ0) is 33.2. The Labute approximate surface area is 254 Å². The molecule has 1 saturated heterocycles. The number of hydrogen-bond donors (Lipinski definition) is 2. The highest BCUT2D eigenvalue weighted by Crippen LogP contribution is 2.68. The highest BCUT2D eigenvalue weighted by Gasteiger charge is 2.85. The molecule has 0 aromatic carbocycles. The summed E-state index contributed by atoms with van der Waals surface area (Å²) in [4.78, 5) is 78.1. The van der Waals surface area contributed by atoms with E-state index in [-0.39, 0.29) is 25.0 Å². The summed E-state index contributed by atoms with van der Waals surface area (Å²) in [6.07, 6.45) is -8.59. The van der Waals surface area contributed by atoms with Gasteiger partial charge in [0, 0.05) is 64.7 Å². The van der Waals surface area contributed by atoms with E-state index in [0.29, 0.717) is 0 Å². The lowest BCUT2D eigenvalue weighted by atomic mass is 9.43. The number of ether oxygens (including phenoxy) is 6. The zero-order valence-corrected chi connectivity index (χ0v) is 25.9. The first-order valence-electron chi connectivity index (χ1n) is 14.4. The van der Waals surface area contributed by atoms with Gasteiger partial charge in [-0.25, -0.2) is 0 Å². The highest BCUT2D eigenvalue weighted by atomic mass is 16.6. The molecule has 44 heavy (non-hydrogen) atoms. The number of carbonyl (C=O) groups excluding carboxylic acids is 6. The van der Waals surface area contributed by atoms with Crippen LogP contribution in [0.5, 0.6) is 0 Å². The van der Waals surface area contributed by atoms with Crippen LogP contribution in [-0.4, -0.2) is 101 Å². The molecule has 0 aromatic rings. The van der Waals surface area contributed by atoms with Gasteiger partial charge in [-0.05, 0) is 12.5 Å². The molecule has 4 aliphatic rings. The van der Waals surface area contributed by atoms with Crippen LogP contribution >= 0.6 is 0 Å². The van der Waals surface area contributed by atoms with Gasteiger partial charge in [0.05, 0.1) is 24.7 Å². The Hall–Kier alpha value is -3.36. The van der Waals surface area contributed by atoms with Crippen molar-refractivity contribution in [2.75, 3.05) is 13.2 Å². The molecule has 14 heteroatoms. The number of hydrogen-bond acceptors (Lipinski definition) is 14. The number of ketones is 1. The van der Waals surface area contributed by atoms with E-state index in [0.717, 1.165) is 34.6 Å². The van der Waals surface area contributed by atoms with E-state index in [1.807, 2.05) is 0 Å². The molecule has 4 fully saturated rings. The van der Waals surface area contributed by atoms with Gasteiger partial charge in [0.25, 0.3) is 0 Å². The Bertz CT molecular complexity index is 1290. The minimum absolute atomic E-state index is 0.0238. The molecule has 1 heterocycles. The summed E-state index contributed by atoms with van der Waals surface area (Å²) in [6.45, 7) is 11.2. The minimum atomic E-state index is -2.23. The number of carbonyl (C=O) groups is 6. The average molecular weight is 625 g/mol. The van der Waals surface area contributed by atoms with Crippen LogP contribution in [0.2, 0.25) is 0 Å². The fraction of sp³-hybridized carbons (Fsp3) is 0.733. The predicted molar refractivity (Wildman–Crippen MR) is 145 cm³/mol. The highest BCUT2D eigenvalue weighted by molar-refractivity contribution is 5.92. The fourth-order valence-electron chi connectivity index (χ4n) is 8.51. The SMILES string of the molecule is C=C1C(O)CC(OC(C)=O)C2(CO)C(OC(C)=O)C(OC(C)=O)C3(OC(C)=O)C4(C)OCC3(C)C(CC4=O)C(OC(C)=O)C12. The third-order valence-corrected chi connectivity index (χ3v) is 10.1. The largest absolute Gasteiger partial charge is 0.462 e. The molecule has 2 N–H and O–H groups in total. The van der Waals surface area contributed by atoms with Crippen molar-refractivity contribution in [2.45, 2.75) is 103 Å². The number of esters is 5. The molecule has 3 aliphatic carbocycles. The molecule has 0 spiro atoms. The molecule has 4 rings (SSSR count). The van der Waals surface area contributed by atoms with E-state index in [4.69, 9.17) is 28.4 Å². The number of aliphatic hydroxyl groups is 2. The summed E-state index contributed by atoms with van der Waals surface area (Å²) in [5.74, 6) is -7.43. The molecule has 244 valence electrons. The summed E-state index contributed by atoms with van der Waals surface area (Å²) in [5, 5.41) is 22.7. The Morgan fingerprint density at radius 1 is 0.886 bits per heavy atom. The Balaban J connectivity index is 2.25. The monoisotopic (exact) mass is 624 g/mol. The zero-order valence-electron chi connectivity index (χ0n) is 25.9. The third-order valence-electron chi connectivity index (χ3n) is 10.1. The molecule has 0 amide bonds. The van der Waals surface area contributed by atoms with Crippen LogP contribution in [0.4, 0.5) is 0 Å². The average Bonchev–Trinajstić information content (AvgIpc) is 3.05. The van der Waals surface area contributed by atoms with Crippen molar-refractivity contribution in [3.05, 3.63) is 12.2 Å². The van der Waals surface area contributed by atoms with Crippen LogP contribution in [0.25, 0.3) is 0 Å². The summed E-state index contributed by atoms with van der Waals surface area (Å²) in [6, 6.07) is 0. The summed E-state index contributed by atoms with van der Waals surface area (Å²) in [7, 11) is 0. The van der Waals surface area contributed by atoms with Gasteiger partial charge in [-0.1, -0.05) is 13.5 Å². The van der Waals surface area contributed by atoms with Crippen LogP contribution in [0.3, 0.4) is 0 Å². The number of aliphatic hydroxyl groups excluding tert-OH is 2. The number of Topliss-reactive ketones (excluding diaryl/α,β-unsaturated/α-hetero) is 1. The van der Waals surface area contributed by atoms with Crippen LogP contribution in [0.15, 0.2) is 12.2 Å². The van der Waals surface area contributed by atoms with E-state index < -0.39 is 107 Å². The second kappa shape index (κ2) is 11.2. The van der Waals surface area contributed by atoms with Gasteiger partial charge in [-0.15, -0.1) is 0 Å². The Morgan fingerprint density at radius 2 is 1.43 bits per heavy atom. The Morgan fingerprint density at radius 3 is 1.93 bits per heavy atom. The van der Waals surface area contributed by atoms with Crippen molar-refractivity contribution in [3.63, 3.8) is 0 Å². The lowest BCUT2D eigenvalue weighted by Gasteiger charge is -2.65. The van der Waals surface area contributed by atoms with Gasteiger partial charge in [0.1, 0.15) is 12.2 Å². The quantitative estimate of drug-likeness (QED) is 0.233. The van der Waals surface area contributed by atoms with E-state index in [9.17, 15) is 39.0 Å². The molecule has 1 aliphatic heterocycles. The maximum Gasteiger partial charge on any atom is 0.303 e. The Kier molecular flexibility index (Phi) is 8.55. The van der Waals surface area contributed by atoms with Gasteiger partial charge in [-0.3, -0.25) is 28.8 Å². The molecular formula is C30H40O14. The summed E-state index contributed by atoms with van der Waals surface area (Å²) < 4.78 is 35.7. The predicted octanol–water partition coefficient (Wildman–Crippen LogP) is 0.329. The van der Waals surface area contributed by atoms with Crippen molar-refractivity contribution in [2.24, 2.45) is 22.7 Å². The second-order valence-electron chi connectivity index (χ2n) is 12.6. The lowest BCUT2D eigenvalue weighted by molar-refractivity contribution is -0.305. The van der Waals surface area contributed by atoms with E-state index in [1.165, 1.54) is 6.92 Å². The molecule has 4 bridgehead atoms. The van der Waals surface area contributed by atoms with E-state index in [2.05, 4.69) is 6.58 Å². The first-order valence-corrected chi connectivity index (χ1v) is 14.4. The molecular weight excluding hydrogens is 584 g/mol. The topological polar surface area (TPSA) is 198 Å². The summed E-state index contributed by atoms with van der Waals surface area (Å²) in [5.41, 5.74) is -7.72. The first kappa shape index (κ1) is 33.5. The van der Waals surface area contributed by atoms with E-state index >= 15 is 0 Å². The van der Waals surface area contributed by atoms with Gasteiger partial charge in [-0.2, -0.15) is 0 Å². The minimum Gasteiger partial charge on any atom is -0.462 e. The maximum absolute atomic E-state index is 14.1. The van der Waals surface area contributed by atoms with Crippen molar-refractivity contribution < 1.29 is 67.4 Å². The second-order valence-corrected chi connectivity index (χ2v) is 12.6. The van der Waals surface area contributed by atoms with Gasteiger partial charge in [0.15, 0.2) is 29.2 Å². The number of fused-ring (bicyclic) bond motifs is 1. The molecule has 0 aromatic heterocycles. The van der Waals surface area contributed by atoms with Crippen molar-refractivity contribution in [1.82, 2.24) is 0 Å². The molecule has 3 saturated carbocycles. The molecule has 11 atom stereocenters. The van der Waals surface area contributed by atoms with Gasteiger partial charge in [0.2, 0.25) is 0 Å².